The van der Waals surface area contributed by atoms with E-state index in [1.807, 2.05) is 12.1 Å². The van der Waals surface area contributed by atoms with Crippen LogP contribution in [0, 0.1) is 56.2 Å². The minimum Gasteiger partial charge on any atom is -0.481 e. The topological polar surface area (TPSA) is 106 Å². The van der Waals surface area contributed by atoms with Crippen LogP contribution in [-0.2, 0) is 25.7 Å². The zero-order chi connectivity index (χ0) is 35.8. The highest BCUT2D eigenvalue weighted by molar-refractivity contribution is 5.91. The molecular formula is C42H63NO6. The molecule has 0 spiro atoms. The normalized spacial score (nSPS) is 38.3. The molecule has 0 bridgehead atoms. The number of fused-ring (bicyclic) bond motifs is 7. The number of hydrogen-bond donors (Lipinski definition) is 2. The van der Waals surface area contributed by atoms with Crippen LogP contribution in [0.3, 0.4) is 0 Å². The first-order chi connectivity index (χ1) is 22.8. The van der Waals surface area contributed by atoms with Crippen molar-refractivity contribution in [2.45, 2.75) is 146 Å². The van der Waals surface area contributed by atoms with E-state index in [-0.39, 0.29) is 39.6 Å². The summed E-state index contributed by atoms with van der Waals surface area (Å²) in [6, 6.07) is 3.85. The van der Waals surface area contributed by atoms with Gasteiger partial charge in [-0.1, -0.05) is 59.6 Å². The fraction of sp³-hybridized carbons (Fsp3) is 0.786. The number of hydrogen-bond acceptors (Lipinski definition) is 6. The predicted octanol–water partition coefficient (Wildman–Crippen LogP) is 9.15. The largest absolute Gasteiger partial charge is 0.481 e. The molecule has 272 valence electrons. The van der Waals surface area contributed by atoms with Gasteiger partial charge in [0.25, 0.3) is 0 Å². The van der Waals surface area contributed by atoms with Gasteiger partial charge in [-0.3, -0.25) is 14.4 Å². The maximum Gasteiger partial charge on any atom is 0.309 e. The highest BCUT2D eigenvalue weighted by atomic mass is 16.5. The number of furan rings is 1. The number of ketones is 1. The molecule has 0 aromatic carbocycles. The number of rotatable bonds is 10. The van der Waals surface area contributed by atoms with Crippen LogP contribution in [-0.4, -0.2) is 35.5 Å². The van der Waals surface area contributed by atoms with Crippen LogP contribution in [0.15, 0.2) is 34.0 Å². The van der Waals surface area contributed by atoms with Crippen LogP contribution in [0.4, 0.5) is 0 Å². The average Bonchev–Trinajstić information content (AvgIpc) is 3.67. The second-order valence-electron chi connectivity index (χ2n) is 19.1. The van der Waals surface area contributed by atoms with Crippen molar-refractivity contribution in [1.29, 1.82) is 0 Å². The number of allylic oxidation sites excluding steroid dienone is 2. The van der Waals surface area contributed by atoms with Crippen molar-refractivity contribution in [3.05, 3.63) is 35.3 Å². The van der Waals surface area contributed by atoms with Crippen LogP contribution < -0.4 is 5.32 Å². The Hall–Kier alpha value is -2.41. The van der Waals surface area contributed by atoms with Crippen molar-refractivity contribution in [1.82, 2.24) is 5.32 Å². The van der Waals surface area contributed by atoms with Crippen molar-refractivity contribution in [3.63, 3.8) is 0 Å². The Kier molecular flexibility index (Phi) is 9.19. The number of carbonyl (C=O) groups excluding carboxylic acids is 2. The van der Waals surface area contributed by atoms with Gasteiger partial charge in [0.1, 0.15) is 11.9 Å². The Morgan fingerprint density at radius 1 is 0.959 bits per heavy atom. The van der Waals surface area contributed by atoms with E-state index >= 15 is 0 Å². The lowest BCUT2D eigenvalue weighted by molar-refractivity contribution is -0.233. The first kappa shape index (κ1) is 36.4. The molecule has 0 amide bonds. The lowest BCUT2D eigenvalue weighted by atomic mass is 9.33. The van der Waals surface area contributed by atoms with Crippen molar-refractivity contribution in [2.75, 3.05) is 6.54 Å². The molecule has 1 aromatic rings. The summed E-state index contributed by atoms with van der Waals surface area (Å²) in [5.41, 5.74) is 1.79. The van der Waals surface area contributed by atoms with E-state index < -0.39 is 17.4 Å². The van der Waals surface area contributed by atoms with Crippen molar-refractivity contribution in [2.24, 2.45) is 56.2 Å². The molecule has 5 aliphatic rings. The fourth-order valence-corrected chi connectivity index (χ4v) is 12.8. The zero-order valence-corrected chi connectivity index (χ0v) is 31.8. The number of aliphatic carboxylic acids is 1. The van der Waals surface area contributed by atoms with Crippen LogP contribution in [0.2, 0.25) is 0 Å². The molecular weight excluding hydrogens is 614 g/mol. The Labute approximate surface area is 294 Å². The van der Waals surface area contributed by atoms with E-state index in [9.17, 15) is 19.5 Å². The summed E-state index contributed by atoms with van der Waals surface area (Å²) in [6.07, 6.45) is 11.8. The van der Waals surface area contributed by atoms with Gasteiger partial charge in [0.15, 0.2) is 5.78 Å². The summed E-state index contributed by atoms with van der Waals surface area (Å²) in [5, 5.41) is 13.0. The van der Waals surface area contributed by atoms with E-state index in [2.05, 4.69) is 53.8 Å². The van der Waals surface area contributed by atoms with E-state index in [0.717, 1.165) is 63.5 Å². The number of carboxylic acid groups (broad SMARTS) is 1. The smallest absolute Gasteiger partial charge is 0.309 e. The molecule has 1 heterocycles. The van der Waals surface area contributed by atoms with Gasteiger partial charge >= 0.3 is 11.9 Å². The van der Waals surface area contributed by atoms with E-state index in [1.54, 1.807) is 25.7 Å². The zero-order valence-electron chi connectivity index (χ0n) is 31.8. The third-order valence-electron chi connectivity index (χ3n) is 15.7. The van der Waals surface area contributed by atoms with Gasteiger partial charge in [0, 0.05) is 5.41 Å². The minimum atomic E-state index is -1.14. The molecule has 8 atom stereocenters. The van der Waals surface area contributed by atoms with Gasteiger partial charge in [-0.2, -0.15) is 0 Å². The SMILES string of the molecule is CC(C)C1=C2C3CCC4C5(C)CCC(OC(=O)CC(C)(C)C(=O)O)C(C)(C)C5CCC4(C)C3(C)CCC2(C(=O)CNCc2ccco2)CC1. The van der Waals surface area contributed by atoms with Gasteiger partial charge in [-0.25, -0.2) is 0 Å². The monoisotopic (exact) mass is 677 g/mol. The molecule has 0 saturated heterocycles. The Balaban J connectivity index is 1.25. The lowest BCUT2D eigenvalue weighted by Crippen LogP contribution is -2.66. The van der Waals surface area contributed by atoms with Gasteiger partial charge in [0.2, 0.25) is 0 Å². The van der Waals surface area contributed by atoms with Crippen molar-refractivity contribution < 1.29 is 28.6 Å². The molecule has 4 saturated carbocycles. The number of ether oxygens (including phenoxy) is 1. The van der Waals surface area contributed by atoms with Gasteiger partial charge in [-0.05, 0) is 130 Å². The van der Waals surface area contributed by atoms with Crippen LogP contribution in [0.5, 0.6) is 0 Å². The number of carboxylic acids is 1. The first-order valence-electron chi connectivity index (χ1n) is 19.3. The van der Waals surface area contributed by atoms with E-state index in [4.69, 9.17) is 9.15 Å². The first-order valence-corrected chi connectivity index (χ1v) is 19.3. The Morgan fingerprint density at radius 2 is 1.69 bits per heavy atom. The average molecular weight is 678 g/mol. The van der Waals surface area contributed by atoms with Gasteiger partial charge in [-0.15, -0.1) is 0 Å². The molecule has 7 heteroatoms. The van der Waals surface area contributed by atoms with Gasteiger partial charge in [0.05, 0.1) is 36.6 Å². The van der Waals surface area contributed by atoms with Crippen LogP contribution >= 0.6 is 0 Å². The summed E-state index contributed by atoms with van der Waals surface area (Å²) in [5.74, 6) is 1.71. The third kappa shape index (κ3) is 5.58. The molecule has 2 N–H and O–H groups in total. The van der Waals surface area contributed by atoms with Crippen molar-refractivity contribution in [3.8, 4) is 0 Å². The molecule has 7 nitrogen and oxygen atoms in total. The maximum absolute atomic E-state index is 14.4. The highest BCUT2D eigenvalue weighted by Crippen LogP contribution is 2.77. The number of nitrogens with one attached hydrogen (secondary N) is 1. The van der Waals surface area contributed by atoms with E-state index in [0.29, 0.717) is 42.5 Å². The second-order valence-corrected chi connectivity index (χ2v) is 19.1. The van der Waals surface area contributed by atoms with Crippen LogP contribution in [0.25, 0.3) is 0 Å². The Bertz CT molecular complexity index is 1490. The predicted molar refractivity (Wildman–Crippen MR) is 190 cm³/mol. The molecule has 5 aliphatic carbocycles. The molecule has 0 aliphatic heterocycles. The third-order valence-corrected chi connectivity index (χ3v) is 15.7. The lowest BCUT2D eigenvalue weighted by Gasteiger charge is -2.72. The quantitative estimate of drug-likeness (QED) is 0.188. The Morgan fingerprint density at radius 3 is 2.35 bits per heavy atom. The van der Waals surface area contributed by atoms with Crippen LogP contribution in [0.1, 0.15) is 139 Å². The fourth-order valence-electron chi connectivity index (χ4n) is 12.8. The highest BCUT2D eigenvalue weighted by Gasteiger charge is 2.70. The molecule has 0 radical (unpaired) electrons. The number of carbonyl (C=O) groups is 3. The number of Topliss-reactive ketones (excluding diaryl/α,β-unsaturated/α-hetero) is 1. The van der Waals surface area contributed by atoms with E-state index in [1.165, 1.54) is 12.0 Å². The summed E-state index contributed by atoms with van der Waals surface area (Å²) in [4.78, 5) is 39.1. The molecule has 6 rings (SSSR count). The summed E-state index contributed by atoms with van der Waals surface area (Å²) < 4.78 is 11.7. The standard InChI is InChI=1S/C42H63NO6/c1-26(2)28-14-19-42(32(44)25-43-24-27-11-10-22-48-27)21-20-40(8)29(35(28)42)12-13-31-39(7)17-16-33(49-34(45)23-37(3,4)36(46)47)38(5,6)30(39)15-18-41(31,40)9/h10-11,22,26,29-31,33,43H,12-21,23-25H2,1-9H3,(H,46,47). The molecule has 4 fully saturated rings. The molecule has 49 heavy (non-hydrogen) atoms. The second kappa shape index (κ2) is 12.4. The minimum absolute atomic E-state index is 0.116. The maximum atomic E-state index is 14.4. The molecule has 8 unspecified atom stereocenters. The summed E-state index contributed by atoms with van der Waals surface area (Å²) in [6.45, 7) is 21.2. The summed E-state index contributed by atoms with van der Waals surface area (Å²) >= 11 is 0. The van der Waals surface area contributed by atoms with Crippen molar-refractivity contribution >= 4 is 17.7 Å². The number of esters is 1. The molecule has 1 aromatic heterocycles. The summed E-state index contributed by atoms with van der Waals surface area (Å²) in [7, 11) is 0. The van der Waals surface area contributed by atoms with Gasteiger partial charge < -0.3 is 19.6 Å².